The minimum absolute atomic E-state index is 0.228. The van der Waals surface area contributed by atoms with Crippen molar-refractivity contribution in [3.63, 3.8) is 0 Å². The number of rotatable bonds is 4. The van der Waals surface area contributed by atoms with Crippen molar-refractivity contribution in [1.29, 1.82) is 0 Å². The van der Waals surface area contributed by atoms with Crippen LogP contribution in [0.3, 0.4) is 0 Å². The lowest BCUT2D eigenvalue weighted by atomic mass is 10.2. The topological polar surface area (TPSA) is 55.5 Å². The van der Waals surface area contributed by atoms with Crippen LogP contribution in [0.25, 0.3) is 0 Å². The van der Waals surface area contributed by atoms with Crippen LogP contribution < -0.4 is 10.5 Å². The Labute approximate surface area is 78.1 Å². The summed E-state index contributed by atoms with van der Waals surface area (Å²) in [6.45, 7) is 2.49. The summed E-state index contributed by atoms with van der Waals surface area (Å²) in [7, 11) is 0. The van der Waals surface area contributed by atoms with Crippen LogP contribution >= 0.6 is 0 Å². The van der Waals surface area contributed by atoms with Gasteiger partial charge in [0.2, 0.25) is 0 Å². The largest absolute Gasteiger partial charge is 0.491 e. The molecule has 0 spiro atoms. The predicted octanol–water partition coefficient (Wildman–Crippen LogP) is 0.693. The van der Waals surface area contributed by atoms with E-state index in [2.05, 4.69) is 0 Å². The number of aryl methyl sites for hydroxylation is 1. The number of hydrogen-bond acceptors (Lipinski definition) is 3. The molecule has 0 radical (unpaired) electrons. The van der Waals surface area contributed by atoms with E-state index in [0.717, 1.165) is 5.75 Å². The fourth-order valence-corrected chi connectivity index (χ4v) is 0.895. The lowest BCUT2D eigenvalue weighted by Crippen LogP contribution is -2.26. The molecular weight excluding hydrogens is 166 g/mol. The molecule has 1 aromatic carbocycles. The maximum atomic E-state index is 9.12. The zero-order chi connectivity index (χ0) is 9.68. The van der Waals surface area contributed by atoms with Crippen molar-refractivity contribution < 1.29 is 9.84 Å². The van der Waals surface area contributed by atoms with Crippen LogP contribution in [0, 0.1) is 6.92 Å². The van der Waals surface area contributed by atoms with Crippen LogP contribution in [0.15, 0.2) is 24.3 Å². The van der Waals surface area contributed by atoms with Crippen LogP contribution in [0.4, 0.5) is 0 Å². The van der Waals surface area contributed by atoms with E-state index < -0.39 is 6.10 Å². The molecule has 1 aromatic rings. The van der Waals surface area contributed by atoms with Crippen molar-refractivity contribution in [1.82, 2.24) is 0 Å². The second-order valence-corrected chi connectivity index (χ2v) is 3.01. The maximum absolute atomic E-state index is 9.12. The summed E-state index contributed by atoms with van der Waals surface area (Å²) in [6, 6.07) is 7.67. The molecule has 0 bridgehead atoms. The van der Waals surface area contributed by atoms with Gasteiger partial charge in [0, 0.05) is 6.54 Å². The van der Waals surface area contributed by atoms with E-state index in [1.165, 1.54) is 5.56 Å². The van der Waals surface area contributed by atoms with E-state index in [-0.39, 0.29) is 13.2 Å². The van der Waals surface area contributed by atoms with E-state index >= 15 is 0 Å². The third-order valence-electron chi connectivity index (χ3n) is 1.74. The van der Waals surface area contributed by atoms with Gasteiger partial charge in [0.05, 0.1) is 0 Å². The van der Waals surface area contributed by atoms with E-state index in [9.17, 15) is 0 Å². The molecule has 0 aromatic heterocycles. The fourth-order valence-electron chi connectivity index (χ4n) is 0.895. The first-order valence-electron chi connectivity index (χ1n) is 4.30. The molecule has 0 heterocycles. The molecule has 1 rings (SSSR count). The minimum Gasteiger partial charge on any atom is -0.491 e. The molecular formula is C10H15NO2. The highest BCUT2D eigenvalue weighted by Gasteiger charge is 2.01. The van der Waals surface area contributed by atoms with Crippen LogP contribution in [-0.4, -0.2) is 24.4 Å². The predicted molar refractivity (Wildman–Crippen MR) is 51.7 cm³/mol. The van der Waals surface area contributed by atoms with Gasteiger partial charge in [0.15, 0.2) is 0 Å². The van der Waals surface area contributed by atoms with Gasteiger partial charge in [-0.3, -0.25) is 0 Å². The van der Waals surface area contributed by atoms with Crippen molar-refractivity contribution in [2.75, 3.05) is 13.2 Å². The summed E-state index contributed by atoms with van der Waals surface area (Å²) in [4.78, 5) is 0. The average molecular weight is 181 g/mol. The average Bonchev–Trinajstić information content (AvgIpc) is 2.16. The zero-order valence-electron chi connectivity index (χ0n) is 7.73. The van der Waals surface area contributed by atoms with Gasteiger partial charge >= 0.3 is 0 Å². The highest BCUT2D eigenvalue weighted by molar-refractivity contribution is 5.26. The van der Waals surface area contributed by atoms with E-state index in [0.29, 0.717) is 0 Å². The van der Waals surface area contributed by atoms with Crippen LogP contribution in [-0.2, 0) is 0 Å². The van der Waals surface area contributed by atoms with Gasteiger partial charge in [0.25, 0.3) is 0 Å². The van der Waals surface area contributed by atoms with Gasteiger partial charge in [0.1, 0.15) is 18.5 Å². The Morgan fingerprint density at radius 3 is 2.54 bits per heavy atom. The van der Waals surface area contributed by atoms with E-state index in [1.54, 1.807) is 0 Å². The normalized spacial score (nSPS) is 12.5. The molecule has 3 heteroatoms. The molecule has 0 aliphatic rings. The maximum Gasteiger partial charge on any atom is 0.119 e. The summed E-state index contributed by atoms with van der Waals surface area (Å²) in [5, 5.41) is 9.12. The molecule has 0 saturated heterocycles. The van der Waals surface area contributed by atoms with Crippen LogP contribution in [0.2, 0.25) is 0 Å². The monoisotopic (exact) mass is 181 g/mol. The Kier molecular flexibility index (Phi) is 3.73. The second-order valence-electron chi connectivity index (χ2n) is 3.01. The van der Waals surface area contributed by atoms with Gasteiger partial charge in [-0.1, -0.05) is 17.7 Å². The summed E-state index contributed by atoms with van der Waals surface area (Å²) in [6.07, 6.45) is -0.582. The summed E-state index contributed by atoms with van der Waals surface area (Å²) in [5.74, 6) is 0.762. The number of benzene rings is 1. The molecule has 3 nitrogen and oxygen atoms in total. The Morgan fingerprint density at radius 1 is 1.38 bits per heavy atom. The Balaban J connectivity index is 2.41. The number of ether oxygens (including phenoxy) is 1. The number of aliphatic hydroxyl groups excluding tert-OH is 1. The summed E-state index contributed by atoms with van der Waals surface area (Å²) < 4.78 is 5.28. The first-order valence-corrected chi connectivity index (χ1v) is 4.30. The number of aliphatic hydroxyl groups is 1. The SMILES string of the molecule is Cc1ccc(OC[C@H](O)CN)cc1. The Morgan fingerprint density at radius 2 is 2.00 bits per heavy atom. The fraction of sp³-hybridized carbons (Fsp3) is 0.400. The minimum atomic E-state index is -0.582. The quantitative estimate of drug-likeness (QED) is 0.718. The van der Waals surface area contributed by atoms with E-state index in [1.807, 2.05) is 31.2 Å². The van der Waals surface area contributed by atoms with Crippen LogP contribution in [0.5, 0.6) is 5.75 Å². The standard InChI is InChI=1S/C10H15NO2/c1-8-2-4-10(5-3-8)13-7-9(12)6-11/h2-5,9,12H,6-7,11H2,1H3/t9-/m1/s1. The van der Waals surface area contributed by atoms with Gasteiger partial charge < -0.3 is 15.6 Å². The third-order valence-corrected chi connectivity index (χ3v) is 1.74. The first kappa shape index (κ1) is 10.0. The molecule has 0 saturated carbocycles. The molecule has 0 aliphatic heterocycles. The molecule has 0 fully saturated rings. The molecule has 0 unspecified atom stereocenters. The molecule has 0 aliphatic carbocycles. The van der Waals surface area contributed by atoms with Crippen molar-refractivity contribution in [3.8, 4) is 5.75 Å². The molecule has 1 atom stereocenters. The van der Waals surface area contributed by atoms with Crippen LogP contribution in [0.1, 0.15) is 5.56 Å². The lowest BCUT2D eigenvalue weighted by Gasteiger charge is -2.09. The molecule has 3 N–H and O–H groups in total. The van der Waals surface area contributed by atoms with Gasteiger partial charge in [-0.25, -0.2) is 0 Å². The van der Waals surface area contributed by atoms with Crippen molar-refractivity contribution in [2.45, 2.75) is 13.0 Å². The summed E-state index contributed by atoms with van der Waals surface area (Å²) >= 11 is 0. The van der Waals surface area contributed by atoms with Crippen molar-refractivity contribution in [2.24, 2.45) is 5.73 Å². The number of hydrogen-bond donors (Lipinski definition) is 2. The van der Waals surface area contributed by atoms with Crippen molar-refractivity contribution >= 4 is 0 Å². The molecule has 13 heavy (non-hydrogen) atoms. The van der Waals surface area contributed by atoms with E-state index in [4.69, 9.17) is 15.6 Å². The highest BCUT2D eigenvalue weighted by atomic mass is 16.5. The first-order chi connectivity index (χ1) is 6.22. The smallest absolute Gasteiger partial charge is 0.119 e. The van der Waals surface area contributed by atoms with Gasteiger partial charge in [-0.05, 0) is 19.1 Å². The zero-order valence-corrected chi connectivity index (χ0v) is 7.73. The number of nitrogens with two attached hydrogens (primary N) is 1. The lowest BCUT2D eigenvalue weighted by molar-refractivity contribution is 0.114. The summed E-state index contributed by atoms with van der Waals surface area (Å²) in [5.41, 5.74) is 6.42. The Bertz CT molecular complexity index is 246. The Hall–Kier alpha value is -1.06. The molecule has 72 valence electrons. The molecule has 0 amide bonds. The van der Waals surface area contributed by atoms with Gasteiger partial charge in [-0.15, -0.1) is 0 Å². The van der Waals surface area contributed by atoms with Gasteiger partial charge in [-0.2, -0.15) is 0 Å². The second kappa shape index (κ2) is 4.84. The third kappa shape index (κ3) is 3.44. The highest BCUT2D eigenvalue weighted by Crippen LogP contribution is 2.11. The van der Waals surface area contributed by atoms with Crippen molar-refractivity contribution in [3.05, 3.63) is 29.8 Å².